The van der Waals surface area contributed by atoms with Crippen LogP contribution in [0.1, 0.15) is 35.7 Å². The summed E-state index contributed by atoms with van der Waals surface area (Å²) in [7, 11) is 0. The standard InChI is InChI=1S/C20H23N3O2S/c1-2-14-21-19(25)16-9-11-17(12-10-16)22-20(26)23-18(24)13-8-15-6-4-3-5-7-15/h3-7,9-12H,2,8,13-14H2,1H3,(H,21,25)(H2,22,23,24,26). The Bertz CT molecular complexity index is 745. The Morgan fingerprint density at radius 1 is 1.00 bits per heavy atom. The summed E-state index contributed by atoms with van der Waals surface area (Å²) < 4.78 is 0. The molecular weight excluding hydrogens is 346 g/mol. The lowest BCUT2D eigenvalue weighted by Gasteiger charge is -2.10. The Labute approximate surface area is 159 Å². The molecule has 2 aromatic carbocycles. The highest BCUT2D eigenvalue weighted by molar-refractivity contribution is 7.80. The molecule has 0 bridgehead atoms. The number of thiocarbonyl (C=S) groups is 1. The smallest absolute Gasteiger partial charge is 0.251 e. The molecule has 2 amide bonds. The highest BCUT2D eigenvalue weighted by atomic mass is 32.1. The third-order valence-corrected chi connectivity index (χ3v) is 3.88. The molecule has 0 saturated carbocycles. The van der Waals surface area contributed by atoms with Gasteiger partial charge in [-0.2, -0.15) is 0 Å². The SMILES string of the molecule is CCCNC(=O)c1ccc(NC(=S)NC(=O)CCc2ccccc2)cc1. The van der Waals surface area contributed by atoms with Crippen LogP contribution in [0.5, 0.6) is 0 Å². The fourth-order valence-electron chi connectivity index (χ4n) is 2.30. The maximum Gasteiger partial charge on any atom is 0.251 e. The number of nitrogens with one attached hydrogen (secondary N) is 3. The van der Waals surface area contributed by atoms with Crippen LogP contribution in [0.25, 0.3) is 0 Å². The zero-order valence-electron chi connectivity index (χ0n) is 14.7. The van der Waals surface area contributed by atoms with Crippen molar-refractivity contribution in [2.45, 2.75) is 26.2 Å². The van der Waals surface area contributed by atoms with E-state index in [4.69, 9.17) is 12.2 Å². The van der Waals surface area contributed by atoms with Crippen molar-refractivity contribution in [2.24, 2.45) is 0 Å². The minimum atomic E-state index is -0.137. The second-order valence-electron chi connectivity index (χ2n) is 5.82. The van der Waals surface area contributed by atoms with Crippen LogP contribution in [0.2, 0.25) is 0 Å². The van der Waals surface area contributed by atoms with Gasteiger partial charge in [-0.25, -0.2) is 0 Å². The van der Waals surface area contributed by atoms with E-state index in [2.05, 4.69) is 16.0 Å². The Morgan fingerprint density at radius 2 is 1.69 bits per heavy atom. The lowest BCUT2D eigenvalue weighted by molar-refractivity contribution is -0.119. The van der Waals surface area contributed by atoms with Crippen molar-refractivity contribution in [3.8, 4) is 0 Å². The molecule has 0 heterocycles. The first-order chi connectivity index (χ1) is 12.6. The summed E-state index contributed by atoms with van der Waals surface area (Å²) in [5, 5.41) is 8.68. The van der Waals surface area contributed by atoms with E-state index < -0.39 is 0 Å². The largest absolute Gasteiger partial charge is 0.352 e. The highest BCUT2D eigenvalue weighted by Crippen LogP contribution is 2.09. The van der Waals surface area contributed by atoms with Crippen LogP contribution in [-0.2, 0) is 11.2 Å². The number of aryl methyl sites for hydroxylation is 1. The van der Waals surface area contributed by atoms with Crippen molar-refractivity contribution in [1.29, 1.82) is 0 Å². The van der Waals surface area contributed by atoms with Gasteiger partial charge in [0.15, 0.2) is 5.11 Å². The quantitative estimate of drug-likeness (QED) is 0.655. The second kappa shape index (κ2) is 10.3. The van der Waals surface area contributed by atoms with Gasteiger partial charge in [0.2, 0.25) is 5.91 Å². The maximum atomic E-state index is 12.0. The average Bonchev–Trinajstić information content (AvgIpc) is 2.65. The first-order valence-electron chi connectivity index (χ1n) is 8.61. The molecule has 0 saturated heterocycles. The highest BCUT2D eigenvalue weighted by Gasteiger charge is 2.07. The van der Waals surface area contributed by atoms with Gasteiger partial charge in [0, 0.05) is 24.2 Å². The van der Waals surface area contributed by atoms with E-state index >= 15 is 0 Å². The predicted octanol–water partition coefficient (Wildman–Crippen LogP) is 3.27. The molecule has 0 unspecified atom stereocenters. The summed E-state index contributed by atoms with van der Waals surface area (Å²) in [6, 6.07) is 16.8. The molecule has 0 aliphatic carbocycles. The Kier molecular flexibility index (Phi) is 7.76. The van der Waals surface area contributed by atoms with Crippen LogP contribution >= 0.6 is 12.2 Å². The lowest BCUT2D eigenvalue weighted by atomic mass is 10.1. The van der Waals surface area contributed by atoms with Crippen LogP contribution in [0.15, 0.2) is 54.6 Å². The van der Waals surface area contributed by atoms with Crippen molar-refractivity contribution in [1.82, 2.24) is 10.6 Å². The number of carbonyl (C=O) groups excluding carboxylic acids is 2. The molecule has 0 radical (unpaired) electrons. The average molecular weight is 369 g/mol. The van der Waals surface area contributed by atoms with Crippen molar-refractivity contribution in [3.05, 3.63) is 65.7 Å². The Balaban J connectivity index is 1.78. The third-order valence-electron chi connectivity index (χ3n) is 3.68. The molecule has 6 heteroatoms. The van der Waals surface area contributed by atoms with Crippen molar-refractivity contribution in [3.63, 3.8) is 0 Å². The molecule has 0 fully saturated rings. The normalized spacial score (nSPS) is 10.0. The fourth-order valence-corrected chi connectivity index (χ4v) is 2.53. The number of rotatable bonds is 7. The van der Waals surface area contributed by atoms with Crippen molar-refractivity contribution >= 4 is 34.8 Å². The summed E-state index contributed by atoms with van der Waals surface area (Å²) in [5.74, 6) is -0.239. The van der Waals surface area contributed by atoms with Gasteiger partial charge in [-0.05, 0) is 54.9 Å². The number of hydrogen-bond acceptors (Lipinski definition) is 3. The van der Waals surface area contributed by atoms with Gasteiger partial charge in [-0.15, -0.1) is 0 Å². The molecule has 0 aliphatic heterocycles. The zero-order valence-corrected chi connectivity index (χ0v) is 15.6. The summed E-state index contributed by atoms with van der Waals surface area (Å²) in [5.41, 5.74) is 2.41. The Morgan fingerprint density at radius 3 is 2.35 bits per heavy atom. The van der Waals surface area contributed by atoms with E-state index in [1.54, 1.807) is 24.3 Å². The molecule has 2 aromatic rings. The van der Waals surface area contributed by atoms with E-state index in [0.717, 1.165) is 12.0 Å². The van der Waals surface area contributed by atoms with E-state index in [-0.39, 0.29) is 16.9 Å². The maximum absolute atomic E-state index is 12.0. The molecular formula is C20H23N3O2S. The number of benzene rings is 2. The zero-order chi connectivity index (χ0) is 18.8. The minimum Gasteiger partial charge on any atom is -0.352 e. The number of carbonyl (C=O) groups is 2. The van der Waals surface area contributed by atoms with Crippen LogP contribution in [-0.4, -0.2) is 23.5 Å². The Hall–Kier alpha value is -2.73. The van der Waals surface area contributed by atoms with Crippen LogP contribution < -0.4 is 16.0 Å². The van der Waals surface area contributed by atoms with Crippen LogP contribution in [0, 0.1) is 0 Å². The van der Waals surface area contributed by atoms with E-state index in [1.807, 2.05) is 37.3 Å². The van der Waals surface area contributed by atoms with Gasteiger partial charge in [-0.1, -0.05) is 37.3 Å². The molecule has 0 aromatic heterocycles. The van der Waals surface area contributed by atoms with Crippen LogP contribution in [0.4, 0.5) is 5.69 Å². The predicted molar refractivity (Wildman–Crippen MR) is 108 cm³/mol. The van der Waals surface area contributed by atoms with Gasteiger partial charge < -0.3 is 16.0 Å². The summed E-state index contributed by atoms with van der Waals surface area (Å²) in [6.07, 6.45) is 1.92. The fraction of sp³-hybridized carbons (Fsp3) is 0.250. The molecule has 2 rings (SSSR count). The molecule has 136 valence electrons. The lowest BCUT2D eigenvalue weighted by Crippen LogP contribution is -2.34. The van der Waals surface area contributed by atoms with Gasteiger partial charge >= 0.3 is 0 Å². The monoisotopic (exact) mass is 369 g/mol. The van der Waals surface area contributed by atoms with Gasteiger partial charge in [0.05, 0.1) is 0 Å². The minimum absolute atomic E-state index is 0.102. The van der Waals surface area contributed by atoms with E-state index in [1.165, 1.54) is 0 Å². The topological polar surface area (TPSA) is 70.2 Å². The molecule has 0 atom stereocenters. The number of amides is 2. The van der Waals surface area contributed by atoms with Crippen molar-refractivity contribution in [2.75, 3.05) is 11.9 Å². The second-order valence-corrected chi connectivity index (χ2v) is 6.23. The van der Waals surface area contributed by atoms with E-state index in [0.29, 0.717) is 30.6 Å². The van der Waals surface area contributed by atoms with Crippen molar-refractivity contribution < 1.29 is 9.59 Å². The van der Waals surface area contributed by atoms with Crippen LogP contribution in [0.3, 0.4) is 0 Å². The molecule has 5 nitrogen and oxygen atoms in total. The van der Waals surface area contributed by atoms with Gasteiger partial charge in [0.25, 0.3) is 5.91 Å². The molecule has 3 N–H and O–H groups in total. The van der Waals surface area contributed by atoms with Gasteiger partial charge in [-0.3, -0.25) is 9.59 Å². The first-order valence-corrected chi connectivity index (χ1v) is 9.02. The molecule has 0 aliphatic rings. The third kappa shape index (κ3) is 6.64. The molecule has 26 heavy (non-hydrogen) atoms. The number of hydrogen-bond donors (Lipinski definition) is 3. The summed E-state index contributed by atoms with van der Waals surface area (Å²) in [6.45, 7) is 2.65. The van der Waals surface area contributed by atoms with E-state index in [9.17, 15) is 9.59 Å². The summed E-state index contributed by atoms with van der Waals surface area (Å²) >= 11 is 5.16. The number of anilines is 1. The first kappa shape index (κ1) is 19.6. The van der Waals surface area contributed by atoms with Gasteiger partial charge in [0.1, 0.15) is 0 Å². The summed E-state index contributed by atoms with van der Waals surface area (Å²) in [4.78, 5) is 23.8. The molecule has 0 spiro atoms.